The van der Waals surface area contributed by atoms with Crippen LogP contribution in [0.3, 0.4) is 0 Å². The van der Waals surface area contributed by atoms with E-state index in [1.165, 1.54) is 11.3 Å². The summed E-state index contributed by atoms with van der Waals surface area (Å²) in [4.78, 5) is 2.41. The molecule has 1 saturated heterocycles. The summed E-state index contributed by atoms with van der Waals surface area (Å²) in [5.41, 5.74) is 8.30. The number of nitrogens with two attached hydrogens (primary N) is 1. The average molecular weight is 219 g/mol. The van der Waals surface area contributed by atoms with E-state index < -0.39 is 0 Å². The van der Waals surface area contributed by atoms with Crippen LogP contribution in [0.15, 0.2) is 24.3 Å². The van der Waals surface area contributed by atoms with E-state index in [2.05, 4.69) is 34.5 Å². The second-order valence-electron chi connectivity index (χ2n) is 5.01. The third kappa shape index (κ3) is 2.54. The molecule has 0 saturated carbocycles. The van der Waals surface area contributed by atoms with Gasteiger partial charge in [-0.15, -0.1) is 0 Å². The molecule has 0 atom stereocenters. The maximum absolute atomic E-state index is 6.06. The van der Waals surface area contributed by atoms with E-state index >= 15 is 0 Å². The highest BCUT2D eigenvalue weighted by Crippen LogP contribution is 2.21. The lowest BCUT2D eigenvalue weighted by molar-refractivity contribution is 0.554. The minimum absolute atomic E-state index is 0.248. The molecule has 1 aromatic rings. The summed E-state index contributed by atoms with van der Waals surface area (Å²) in [6.45, 7) is 8.39. The number of hydrogen-bond donors (Lipinski definition) is 2. The summed E-state index contributed by atoms with van der Waals surface area (Å²) in [5.74, 6) is 0. The first-order valence-electron chi connectivity index (χ1n) is 5.92. The highest BCUT2D eigenvalue weighted by Gasteiger charge is 2.15. The highest BCUT2D eigenvalue weighted by molar-refractivity contribution is 5.48. The molecule has 0 aromatic heterocycles. The fourth-order valence-electron chi connectivity index (χ4n) is 2.02. The minimum atomic E-state index is -0.248. The molecule has 0 amide bonds. The summed E-state index contributed by atoms with van der Waals surface area (Å²) in [5, 5.41) is 3.36. The Morgan fingerprint density at radius 2 is 1.69 bits per heavy atom. The zero-order valence-electron chi connectivity index (χ0n) is 10.2. The summed E-state index contributed by atoms with van der Waals surface area (Å²) in [6, 6.07) is 8.62. The maximum atomic E-state index is 6.06. The van der Waals surface area contributed by atoms with Gasteiger partial charge in [-0.2, -0.15) is 0 Å². The predicted octanol–water partition coefficient (Wildman–Crippen LogP) is 1.29. The third-order valence-corrected chi connectivity index (χ3v) is 3.09. The maximum Gasteiger partial charge on any atom is 0.0367 e. The number of nitrogens with one attached hydrogen (secondary N) is 1. The van der Waals surface area contributed by atoms with Gasteiger partial charge in [0.05, 0.1) is 0 Å². The average Bonchev–Trinajstić information content (AvgIpc) is 2.29. The van der Waals surface area contributed by atoms with E-state index in [0.717, 1.165) is 26.2 Å². The Morgan fingerprint density at radius 1 is 1.12 bits per heavy atom. The van der Waals surface area contributed by atoms with Gasteiger partial charge in [0.15, 0.2) is 0 Å². The fourth-order valence-corrected chi connectivity index (χ4v) is 2.02. The SMILES string of the molecule is CC(C)(N)c1ccc(N2CCNCC2)cc1. The Balaban J connectivity index is 2.12. The van der Waals surface area contributed by atoms with E-state index in [1.54, 1.807) is 0 Å². The van der Waals surface area contributed by atoms with E-state index in [4.69, 9.17) is 5.73 Å². The molecule has 3 N–H and O–H groups in total. The van der Waals surface area contributed by atoms with E-state index in [0.29, 0.717) is 0 Å². The molecule has 1 aliphatic rings. The molecular weight excluding hydrogens is 198 g/mol. The van der Waals surface area contributed by atoms with Gasteiger partial charge in [0.25, 0.3) is 0 Å². The Morgan fingerprint density at radius 3 is 2.19 bits per heavy atom. The summed E-state index contributed by atoms with van der Waals surface area (Å²) < 4.78 is 0. The molecule has 16 heavy (non-hydrogen) atoms. The Labute approximate surface area is 97.6 Å². The lowest BCUT2D eigenvalue weighted by atomic mass is 9.95. The lowest BCUT2D eigenvalue weighted by Gasteiger charge is -2.30. The number of benzene rings is 1. The standard InChI is InChI=1S/C13H21N3/c1-13(2,14)11-3-5-12(6-4-11)16-9-7-15-8-10-16/h3-6,15H,7-10,14H2,1-2H3. The van der Waals surface area contributed by atoms with E-state index in [1.807, 2.05) is 13.8 Å². The lowest BCUT2D eigenvalue weighted by Crippen LogP contribution is -2.43. The molecule has 1 aromatic carbocycles. The summed E-state index contributed by atoms with van der Waals surface area (Å²) >= 11 is 0. The van der Waals surface area contributed by atoms with Crippen LogP contribution in [-0.4, -0.2) is 26.2 Å². The third-order valence-electron chi connectivity index (χ3n) is 3.09. The van der Waals surface area contributed by atoms with Gasteiger partial charge < -0.3 is 16.0 Å². The first-order valence-corrected chi connectivity index (χ1v) is 5.92. The van der Waals surface area contributed by atoms with Gasteiger partial charge in [0, 0.05) is 37.4 Å². The normalized spacial score (nSPS) is 17.6. The van der Waals surface area contributed by atoms with Crippen LogP contribution in [0.4, 0.5) is 5.69 Å². The second-order valence-corrected chi connectivity index (χ2v) is 5.01. The van der Waals surface area contributed by atoms with Gasteiger partial charge in [0.2, 0.25) is 0 Å². The van der Waals surface area contributed by atoms with Gasteiger partial charge >= 0.3 is 0 Å². The highest BCUT2D eigenvalue weighted by atomic mass is 15.2. The van der Waals surface area contributed by atoms with Crippen LogP contribution < -0.4 is 16.0 Å². The van der Waals surface area contributed by atoms with Gasteiger partial charge in [-0.25, -0.2) is 0 Å². The molecule has 1 fully saturated rings. The van der Waals surface area contributed by atoms with E-state index in [-0.39, 0.29) is 5.54 Å². The van der Waals surface area contributed by atoms with Crippen molar-refractivity contribution in [3.63, 3.8) is 0 Å². The fraction of sp³-hybridized carbons (Fsp3) is 0.538. The van der Waals surface area contributed by atoms with Crippen molar-refractivity contribution >= 4 is 5.69 Å². The molecule has 1 aliphatic heterocycles. The van der Waals surface area contributed by atoms with Crippen molar-refractivity contribution in [3.8, 4) is 0 Å². The number of anilines is 1. The Hall–Kier alpha value is -1.06. The number of nitrogens with zero attached hydrogens (tertiary/aromatic N) is 1. The quantitative estimate of drug-likeness (QED) is 0.787. The number of piperazine rings is 1. The van der Waals surface area contributed by atoms with Crippen LogP contribution >= 0.6 is 0 Å². The van der Waals surface area contributed by atoms with Crippen LogP contribution in [0, 0.1) is 0 Å². The molecule has 1 heterocycles. The van der Waals surface area contributed by atoms with Crippen LogP contribution in [0.2, 0.25) is 0 Å². The van der Waals surface area contributed by atoms with Crippen molar-refractivity contribution in [2.24, 2.45) is 5.73 Å². The minimum Gasteiger partial charge on any atom is -0.369 e. The number of hydrogen-bond acceptors (Lipinski definition) is 3. The van der Waals surface area contributed by atoms with Crippen LogP contribution in [0.25, 0.3) is 0 Å². The molecule has 0 bridgehead atoms. The molecule has 3 heteroatoms. The van der Waals surface area contributed by atoms with E-state index in [9.17, 15) is 0 Å². The molecule has 0 radical (unpaired) electrons. The molecule has 3 nitrogen and oxygen atoms in total. The van der Waals surface area contributed by atoms with Gasteiger partial charge in [-0.1, -0.05) is 12.1 Å². The molecule has 2 rings (SSSR count). The first kappa shape index (κ1) is 11.4. The Kier molecular flexibility index (Phi) is 3.17. The smallest absolute Gasteiger partial charge is 0.0367 e. The topological polar surface area (TPSA) is 41.3 Å². The molecule has 0 unspecified atom stereocenters. The number of rotatable bonds is 2. The molecule has 0 spiro atoms. The zero-order chi connectivity index (χ0) is 11.6. The predicted molar refractivity (Wildman–Crippen MR) is 68.7 cm³/mol. The summed E-state index contributed by atoms with van der Waals surface area (Å²) in [6.07, 6.45) is 0. The second kappa shape index (κ2) is 4.44. The largest absolute Gasteiger partial charge is 0.369 e. The van der Waals surface area contributed by atoms with Crippen molar-refractivity contribution in [1.29, 1.82) is 0 Å². The van der Waals surface area contributed by atoms with Gasteiger partial charge in [-0.05, 0) is 31.5 Å². The van der Waals surface area contributed by atoms with Crippen molar-refractivity contribution in [1.82, 2.24) is 5.32 Å². The monoisotopic (exact) mass is 219 g/mol. The molecule has 88 valence electrons. The molecule has 0 aliphatic carbocycles. The van der Waals surface area contributed by atoms with Crippen molar-refractivity contribution in [3.05, 3.63) is 29.8 Å². The Bertz CT molecular complexity index is 331. The zero-order valence-corrected chi connectivity index (χ0v) is 10.2. The van der Waals surface area contributed by atoms with Crippen molar-refractivity contribution in [2.45, 2.75) is 19.4 Å². The van der Waals surface area contributed by atoms with Crippen molar-refractivity contribution < 1.29 is 0 Å². The molecular formula is C13H21N3. The van der Waals surface area contributed by atoms with Crippen LogP contribution in [0.1, 0.15) is 19.4 Å². The van der Waals surface area contributed by atoms with Gasteiger partial charge in [-0.3, -0.25) is 0 Å². The van der Waals surface area contributed by atoms with Crippen LogP contribution in [0.5, 0.6) is 0 Å². The first-order chi connectivity index (χ1) is 7.57. The van der Waals surface area contributed by atoms with Crippen molar-refractivity contribution in [2.75, 3.05) is 31.1 Å². The van der Waals surface area contributed by atoms with Gasteiger partial charge in [0.1, 0.15) is 0 Å². The van der Waals surface area contributed by atoms with Crippen LogP contribution in [-0.2, 0) is 5.54 Å². The summed E-state index contributed by atoms with van der Waals surface area (Å²) in [7, 11) is 0.